The van der Waals surface area contributed by atoms with Crippen molar-refractivity contribution in [2.75, 3.05) is 10.2 Å². The Morgan fingerprint density at radius 2 is 1.59 bits per heavy atom. The quantitative estimate of drug-likeness (QED) is 0.343. The third kappa shape index (κ3) is 4.10. The molecule has 3 aromatic rings. The smallest absolute Gasteiger partial charge is 0.343 e. The summed E-state index contributed by atoms with van der Waals surface area (Å²) >= 11 is 6.09. The molecule has 0 radical (unpaired) electrons. The highest BCUT2D eigenvalue weighted by Crippen LogP contribution is 2.30. The standard InChI is InChI=1S/C24H16ClFN2O4/c1-14-4-2-3-5-19(14)32-24(31)15-6-10-17(11-7-15)27-21-20(25)22(29)28(23(21)30)18-12-8-16(26)9-13-18/h2-13,27H,1H3. The van der Waals surface area contributed by atoms with Gasteiger partial charge in [-0.3, -0.25) is 9.59 Å². The summed E-state index contributed by atoms with van der Waals surface area (Å²) in [5.74, 6) is -1.95. The maximum Gasteiger partial charge on any atom is 0.343 e. The molecule has 0 saturated heterocycles. The number of nitrogens with zero attached hydrogens (tertiary/aromatic N) is 1. The molecule has 1 heterocycles. The first kappa shape index (κ1) is 21.3. The number of ether oxygens (including phenoxy) is 1. The van der Waals surface area contributed by atoms with Gasteiger partial charge in [0.2, 0.25) is 0 Å². The second-order valence-electron chi connectivity index (χ2n) is 6.97. The zero-order valence-corrected chi connectivity index (χ0v) is 17.5. The molecular formula is C24H16ClFN2O4. The fourth-order valence-corrected chi connectivity index (χ4v) is 3.31. The summed E-state index contributed by atoms with van der Waals surface area (Å²) in [6.45, 7) is 1.84. The molecule has 0 fully saturated rings. The summed E-state index contributed by atoms with van der Waals surface area (Å²) in [6, 6.07) is 18.2. The number of esters is 1. The highest BCUT2D eigenvalue weighted by atomic mass is 35.5. The number of rotatable bonds is 5. The van der Waals surface area contributed by atoms with Crippen LogP contribution in [0.15, 0.2) is 83.5 Å². The number of aryl methyl sites for hydroxylation is 1. The molecular weight excluding hydrogens is 435 g/mol. The van der Waals surface area contributed by atoms with Gasteiger partial charge in [0.05, 0.1) is 11.3 Å². The van der Waals surface area contributed by atoms with Crippen molar-refractivity contribution in [3.05, 3.63) is 100 Å². The van der Waals surface area contributed by atoms with Crippen LogP contribution in [0.4, 0.5) is 15.8 Å². The second-order valence-corrected chi connectivity index (χ2v) is 7.35. The fourth-order valence-electron chi connectivity index (χ4n) is 3.10. The van der Waals surface area contributed by atoms with E-state index in [1.165, 1.54) is 24.3 Å². The maximum absolute atomic E-state index is 13.2. The van der Waals surface area contributed by atoms with Crippen molar-refractivity contribution < 1.29 is 23.5 Å². The molecule has 0 aromatic heterocycles. The van der Waals surface area contributed by atoms with Crippen LogP contribution in [0.2, 0.25) is 0 Å². The molecule has 160 valence electrons. The summed E-state index contributed by atoms with van der Waals surface area (Å²) in [5, 5.41) is 2.53. The number of halogens is 2. The maximum atomic E-state index is 13.2. The predicted octanol–water partition coefficient (Wildman–Crippen LogP) is 4.79. The van der Waals surface area contributed by atoms with Crippen molar-refractivity contribution in [2.45, 2.75) is 6.92 Å². The van der Waals surface area contributed by atoms with E-state index in [1.54, 1.807) is 24.3 Å². The van der Waals surface area contributed by atoms with Gasteiger partial charge in [0.1, 0.15) is 22.3 Å². The molecule has 4 rings (SSSR count). The number of nitrogens with one attached hydrogen (secondary N) is 1. The van der Waals surface area contributed by atoms with Gasteiger partial charge in [-0.05, 0) is 67.1 Å². The van der Waals surface area contributed by atoms with Crippen molar-refractivity contribution in [3.8, 4) is 5.75 Å². The average Bonchev–Trinajstić information content (AvgIpc) is 3.00. The van der Waals surface area contributed by atoms with E-state index in [1.807, 2.05) is 19.1 Å². The van der Waals surface area contributed by atoms with E-state index in [0.717, 1.165) is 22.6 Å². The van der Waals surface area contributed by atoms with E-state index >= 15 is 0 Å². The second kappa shape index (κ2) is 8.64. The highest BCUT2D eigenvalue weighted by Gasteiger charge is 2.38. The van der Waals surface area contributed by atoms with Crippen molar-refractivity contribution in [1.82, 2.24) is 0 Å². The molecule has 1 aliphatic rings. The van der Waals surface area contributed by atoms with E-state index in [-0.39, 0.29) is 16.4 Å². The fraction of sp³-hybridized carbons (Fsp3) is 0.0417. The first-order chi connectivity index (χ1) is 15.3. The summed E-state index contributed by atoms with van der Waals surface area (Å²) in [4.78, 5) is 38.5. The van der Waals surface area contributed by atoms with E-state index in [2.05, 4.69) is 5.32 Å². The number of hydrogen-bond donors (Lipinski definition) is 1. The number of carbonyl (C=O) groups excluding carboxylic acids is 3. The third-order valence-corrected chi connectivity index (χ3v) is 5.15. The number of benzene rings is 3. The molecule has 3 aromatic carbocycles. The van der Waals surface area contributed by atoms with Gasteiger partial charge in [-0.1, -0.05) is 29.8 Å². The van der Waals surface area contributed by atoms with E-state index < -0.39 is 23.6 Å². The number of carbonyl (C=O) groups is 3. The molecule has 0 aliphatic carbocycles. The van der Waals surface area contributed by atoms with E-state index in [9.17, 15) is 18.8 Å². The topological polar surface area (TPSA) is 75.7 Å². The monoisotopic (exact) mass is 450 g/mol. The van der Waals surface area contributed by atoms with Gasteiger partial charge in [0.15, 0.2) is 0 Å². The Morgan fingerprint density at radius 3 is 2.25 bits per heavy atom. The van der Waals surface area contributed by atoms with Crippen molar-refractivity contribution >= 4 is 40.8 Å². The van der Waals surface area contributed by atoms with Crippen molar-refractivity contribution in [3.63, 3.8) is 0 Å². The summed E-state index contributed by atoms with van der Waals surface area (Å²) in [7, 11) is 0. The Balaban J connectivity index is 1.49. The summed E-state index contributed by atoms with van der Waals surface area (Å²) in [5.41, 5.74) is 1.66. The van der Waals surface area contributed by atoms with Crippen LogP contribution in [0, 0.1) is 12.7 Å². The zero-order chi connectivity index (χ0) is 22.8. The van der Waals surface area contributed by atoms with Crippen LogP contribution >= 0.6 is 11.6 Å². The largest absolute Gasteiger partial charge is 0.423 e. The molecule has 0 bridgehead atoms. The van der Waals surface area contributed by atoms with Gasteiger partial charge < -0.3 is 10.1 Å². The Labute approximate surface area is 187 Å². The lowest BCUT2D eigenvalue weighted by molar-refractivity contribution is -0.120. The van der Waals surface area contributed by atoms with Crippen LogP contribution in [0.5, 0.6) is 5.75 Å². The summed E-state index contributed by atoms with van der Waals surface area (Å²) in [6.07, 6.45) is 0. The van der Waals surface area contributed by atoms with Gasteiger partial charge >= 0.3 is 5.97 Å². The van der Waals surface area contributed by atoms with Crippen LogP contribution in [0.3, 0.4) is 0 Å². The SMILES string of the molecule is Cc1ccccc1OC(=O)c1ccc(NC2=C(Cl)C(=O)N(c3ccc(F)cc3)C2=O)cc1. The first-order valence-electron chi connectivity index (χ1n) is 9.54. The molecule has 0 spiro atoms. The molecule has 1 aliphatic heterocycles. The minimum atomic E-state index is -0.718. The Bertz CT molecular complexity index is 1250. The van der Waals surface area contributed by atoms with Crippen molar-refractivity contribution in [2.24, 2.45) is 0 Å². The predicted molar refractivity (Wildman–Crippen MR) is 118 cm³/mol. The summed E-state index contributed by atoms with van der Waals surface area (Å²) < 4.78 is 18.6. The van der Waals surface area contributed by atoms with Crippen LogP contribution in [-0.2, 0) is 9.59 Å². The highest BCUT2D eigenvalue weighted by molar-refractivity contribution is 6.53. The molecule has 0 unspecified atom stereocenters. The Kier molecular flexibility index (Phi) is 5.75. The van der Waals surface area contributed by atoms with Crippen LogP contribution in [0.1, 0.15) is 15.9 Å². The third-order valence-electron chi connectivity index (χ3n) is 4.80. The number of amides is 2. The molecule has 1 N–H and O–H groups in total. The number of anilines is 2. The molecule has 0 saturated carbocycles. The van der Waals surface area contributed by atoms with Gasteiger partial charge in [0, 0.05) is 5.69 Å². The average molecular weight is 451 g/mol. The normalized spacial score (nSPS) is 13.5. The molecule has 8 heteroatoms. The molecule has 6 nitrogen and oxygen atoms in total. The van der Waals surface area contributed by atoms with E-state index in [0.29, 0.717) is 17.0 Å². The van der Waals surface area contributed by atoms with Gasteiger partial charge in [-0.2, -0.15) is 0 Å². The number of hydrogen-bond acceptors (Lipinski definition) is 5. The molecule has 0 atom stereocenters. The van der Waals surface area contributed by atoms with Crippen LogP contribution in [0.25, 0.3) is 0 Å². The Hall–Kier alpha value is -3.97. The van der Waals surface area contributed by atoms with Crippen LogP contribution in [-0.4, -0.2) is 17.8 Å². The van der Waals surface area contributed by atoms with Gasteiger partial charge in [-0.25, -0.2) is 14.1 Å². The van der Waals surface area contributed by atoms with Crippen LogP contribution < -0.4 is 15.0 Å². The number of imide groups is 1. The van der Waals surface area contributed by atoms with Gasteiger partial charge in [0.25, 0.3) is 11.8 Å². The minimum Gasteiger partial charge on any atom is -0.423 e. The van der Waals surface area contributed by atoms with Crippen molar-refractivity contribution in [1.29, 1.82) is 0 Å². The first-order valence-corrected chi connectivity index (χ1v) is 9.92. The number of para-hydroxylation sites is 1. The lowest BCUT2D eigenvalue weighted by Gasteiger charge is -2.15. The lowest BCUT2D eigenvalue weighted by Crippen LogP contribution is -2.32. The zero-order valence-electron chi connectivity index (χ0n) is 16.8. The van der Waals surface area contributed by atoms with Gasteiger partial charge in [-0.15, -0.1) is 0 Å². The Morgan fingerprint density at radius 1 is 0.938 bits per heavy atom. The minimum absolute atomic E-state index is 0.115. The molecule has 32 heavy (non-hydrogen) atoms. The van der Waals surface area contributed by atoms with E-state index in [4.69, 9.17) is 16.3 Å². The molecule has 2 amide bonds. The lowest BCUT2D eigenvalue weighted by atomic mass is 10.2.